The molecule has 36 heavy (non-hydrogen) atoms. The number of nitrogens with zero attached hydrogens (tertiary/aromatic N) is 2. The van der Waals surface area contributed by atoms with Gasteiger partial charge in [-0.3, -0.25) is 18.7 Å². The van der Waals surface area contributed by atoms with Crippen LogP contribution in [0.3, 0.4) is 0 Å². The van der Waals surface area contributed by atoms with Gasteiger partial charge in [-0.25, -0.2) is 4.39 Å². The Bertz CT molecular complexity index is 1290. The molecule has 2 aromatic rings. The second-order valence-corrected chi connectivity index (χ2v) is 14.1. The maximum absolute atomic E-state index is 15.1. The Hall–Kier alpha value is -1.56. The Labute approximate surface area is 210 Å². The molecule has 1 saturated carbocycles. The first-order chi connectivity index (χ1) is 16.9. The number of carbonyl (C=O) groups excluding carboxylic acids is 1. The minimum absolute atomic E-state index is 0.00741. The zero-order valence-corrected chi connectivity index (χ0v) is 21.9. The van der Waals surface area contributed by atoms with Crippen molar-refractivity contribution in [1.82, 2.24) is 9.88 Å². The molecule has 198 valence electrons. The van der Waals surface area contributed by atoms with Crippen LogP contribution in [0.2, 0.25) is 0 Å². The number of hydrogen-bond donors (Lipinski definition) is 5. The number of aromatic nitrogens is 1. The number of halogens is 1. The number of benzene rings is 1. The highest BCUT2D eigenvalue weighted by Crippen LogP contribution is 2.61. The molecule has 2 aliphatic rings. The molecule has 4 rings (SSSR count). The Morgan fingerprint density at radius 3 is 2.36 bits per heavy atom. The van der Waals surface area contributed by atoms with Crippen LogP contribution in [0.4, 0.5) is 10.1 Å². The van der Waals surface area contributed by atoms with Gasteiger partial charge in [-0.15, -0.1) is 0 Å². The molecular formula is C21H28FN3O8P2S. The molecule has 11 nitrogen and oxygen atoms in total. The van der Waals surface area contributed by atoms with Crippen LogP contribution in [0.1, 0.15) is 42.1 Å². The lowest BCUT2D eigenvalue weighted by atomic mass is 10.1. The molecule has 1 aliphatic carbocycles. The minimum Gasteiger partial charge on any atom is -0.367 e. The maximum Gasteiger partial charge on any atom is 0.340 e. The number of pyridine rings is 1. The van der Waals surface area contributed by atoms with Gasteiger partial charge in [0.1, 0.15) is 5.82 Å². The molecule has 1 saturated heterocycles. The predicted octanol–water partition coefficient (Wildman–Crippen LogP) is 2.22. The van der Waals surface area contributed by atoms with E-state index in [-0.39, 0.29) is 29.2 Å². The van der Waals surface area contributed by atoms with Gasteiger partial charge in [-0.1, -0.05) is 11.8 Å². The van der Waals surface area contributed by atoms with E-state index in [9.17, 15) is 38.3 Å². The monoisotopic (exact) mass is 563 g/mol. The van der Waals surface area contributed by atoms with Crippen molar-refractivity contribution in [2.75, 3.05) is 36.8 Å². The molecule has 1 aromatic heterocycles. The summed E-state index contributed by atoms with van der Waals surface area (Å²) in [7, 11) is -10.1. The molecular weight excluding hydrogens is 535 g/mol. The zero-order valence-electron chi connectivity index (χ0n) is 19.2. The molecule has 0 bridgehead atoms. The van der Waals surface area contributed by atoms with Crippen molar-refractivity contribution in [2.45, 2.75) is 37.1 Å². The van der Waals surface area contributed by atoms with E-state index in [1.165, 1.54) is 12.3 Å². The second-order valence-electron chi connectivity index (χ2n) is 9.01. The van der Waals surface area contributed by atoms with Crippen molar-refractivity contribution in [1.29, 1.82) is 0 Å². The van der Waals surface area contributed by atoms with Gasteiger partial charge >= 0.3 is 15.2 Å². The Kier molecular flexibility index (Phi) is 8.14. The number of hydrogen-bond acceptors (Lipinski definition) is 7. The van der Waals surface area contributed by atoms with E-state index in [0.29, 0.717) is 24.3 Å². The SMILES string of the molecule is O=C(SCCCC(P(=O)(O)O)P(=O)(O)O)c1cn(C2CC2)c2cc(N3CCNCC3)c(F)cc2c1=O. The highest BCUT2D eigenvalue weighted by atomic mass is 32.2. The highest BCUT2D eigenvalue weighted by Gasteiger charge is 2.42. The van der Waals surface area contributed by atoms with E-state index in [1.807, 2.05) is 9.47 Å². The van der Waals surface area contributed by atoms with Crippen LogP contribution in [0, 0.1) is 5.82 Å². The molecule has 0 unspecified atom stereocenters. The van der Waals surface area contributed by atoms with Gasteiger partial charge in [0.15, 0.2) is 5.40 Å². The fourth-order valence-corrected chi connectivity index (χ4v) is 7.75. The summed E-state index contributed by atoms with van der Waals surface area (Å²) in [5, 5.41) is 0.591. The molecule has 0 amide bonds. The summed E-state index contributed by atoms with van der Waals surface area (Å²) >= 11 is 0.719. The van der Waals surface area contributed by atoms with Gasteiger partial charge in [0, 0.05) is 49.6 Å². The summed E-state index contributed by atoms with van der Waals surface area (Å²) in [6, 6.07) is 2.94. The Morgan fingerprint density at radius 1 is 1.14 bits per heavy atom. The summed E-state index contributed by atoms with van der Waals surface area (Å²) < 4.78 is 39.7. The predicted molar refractivity (Wildman–Crippen MR) is 135 cm³/mol. The van der Waals surface area contributed by atoms with Crippen LogP contribution in [-0.4, -0.2) is 66.6 Å². The maximum atomic E-state index is 15.1. The van der Waals surface area contributed by atoms with Crippen molar-refractivity contribution in [3.05, 3.63) is 39.9 Å². The largest absolute Gasteiger partial charge is 0.367 e. The summed E-state index contributed by atoms with van der Waals surface area (Å²) in [6.07, 6.45) is 2.67. The first-order valence-corrected chi connectivity index (χ1v) is 15.8. The number of carbonyl (C=O) groups is 1. The quantitative estimate of drug-likeness (QED) is 0.224. The lowest BCUT2D eigenvalue weighted by molar-refractivity contribution is 0.108. The highest BCUT2D eigenvalue weighted by molar-refractivity contribution is 8.14. The molecule has 0 spiro atoms. The summed E-state index contributed by atoms with van der Waals surface area (Å²) in [5.41, 5.74) is 0.241. The molecule has 0 radical (unpaired) electrons. The van der Waals surface area contributed by atoms with E-state index in [0.717, 1.165) is 37.7 Å². The summed E-state index contributed by atoms with van der Waals surface area (Å²) in [6.45, 7) is 2.71. The van der Waals surface area contributed by atoms with Gasteiger partial charge < -0.3 is 34.4 Å². The molecule has 5 N–H and O–H groups in total. The average Bonchev–Trinajstić information content (AvgIpc) is 3.63. The third kappa shape index (κ3) is 6.11. The van der Waals surface area contributed by atoms with Gasteiger partial charge in [-0.05, 0) is 37.8 Å². The number of anilines is 1. The number of thioether (sulfide) groups is 1. The molecule has 2 fully saturated rings. The van der Waals surface area contributed by atoms with E-state index < -0.39 is 43.4 Å². The van der Waals surface area contributed by atoms with Crippen LogP contribution in [0.15, 0.2) is 23.1 Å². The van der Waals surface area contributed by atoms with Crippen molar-refractivity contribution >= 4 is 48.7 Å². The van der Waals surface area contributed by atoms with Crippen molar-refractivity contribution in [3.8, 4) is 0 Å². The third-order valence-corrected chi connectivity index (χ3v) is 11.2. The van der Waals surface area contributed by atoms with Gasteiger partial charge in [0.25, 0.3) is 0 Å². The fourth-order valence-electron chi connectivity index (χ4n) is 4.35. The minimum atomic E-state index is -5.04. The molecule has 0 atom stereocenters. The third-order valence-electron chi connectivity index (χ3n) is 6.33. The normalized spacial score (nSPS) is 17.2. The first kappa shape index (κ1) is 27.5. The van der Waals surface area contributed by atoms with E-state index in [2.05, 4.69) is 5.32 Å². The van der Waals surface area contributed by atoms with Crippen LogP contribution < -0.4 is 15.6 Å². The van der Waals surface area contributed by atoms with Crippen molar-refractivity contribution in [2.24, 2.45) is 0 Å². The number of piperazine rings is 1. The van der Waals surface area contributed by atoms with Crippen molar-refractivity contribution < 1.29 is 37.9 Å². The lowest BCUT2D eigenvalue weighted by Crippen LogP contribution is -2.43. The van der Waals surface area contributed by atoms with Gasteiger partial charge in [-0.2, -0.15) is 0 Å². The van der Waals surface area contributed by atoms with E-state index in [4.69, 9.17) is 0 Å². The molecule has 2 heterocycles. The Morgan fingerprint density at radius 2 is 1.78 bits per heavy atom. The molecule has 15 heteroatoms. The smallest absolute Gasteiger partial charge is 0.340 e. The average molecular weight is 563 g/mol. The number of fused-ring (bicyclic) bond motifs is 1. The molecule has 1 aliphatic heterocycles. The van der Waals surface area contributed by atoms with E-state index >= 15 is 4.39 Å². The summed E-state index contributed by atoms with van der Waals surface area (Å²) in [4.78, 5) is 64.8. The van der Waals surface area contributed by atoms with Gasteiger partial charge in [0.2, 0.25) is 10.5 Å². The van der Waals surface area contributed by atoms with Crippen LogP contribution in [0.25, 0.3) is 10.9 Å². The van der Waals surface area contributed by atoms with Gasteiger partial charge in [0.05, 0.1) is 16.8 Å². The zero-order chi connectivity index (χ0) is 26.3. The molecule has 1 aromatic carbocycles. The first-order valence-electron chi connectivity index (χ1n) is 11.5. The second kappa shape index (κ2) is 10.7. The Balaban J connectivity index is 1.56. The van der Waals surface area contributed by atoms with Crippen LogP contribution in [-0.2, 0) is 9.13 Å². The lowest BCUT2D eigenvalue weighted by Gasteiger charge is -2.30. The van der Waals surface area contributed by atoms with E-state index in [1.54, 1.807) is 6.07 Å². The van der Waals surface area contributed by atoms with Crippen LogP contribution >= 0.6 is 27.0 Å². The topological polar surface area (TPSA) is 169 Å². The fraction of sp³-hybridized carbons (Fsp3) is 0.524. The number of rotatable bonds is 9. The van der Waals surface area contributed by atoms with Crippen molar-refractivity contribution in [3.63, 3.8) is 0 Å². The summed E-state index contributed by atoms with van der Waals surface area (Å²) in [5.74, 6) is -0.547. The standard InChI is InChI=1S/C21H28FN3O8P2S/c22-16-10-14-17(11-18(16)24-7-5-23-6-8-24)25(13-3-4-13)12-15(20(14)26)21(27)36-9-1-2-19(34(28,29)30)35(31,32)33/h10-13,19,23H,1-9H2,(H2,28,29,30)(H2,31,32,33). The van der Waals surface area contributed by atoms with Crippen LogP contribution in [0.5, 0.6) is 0 Å². The number of nitrogens with one attached hydrogen (secondary N) is 1.